The Morgan fingerprint density at radius 2 is 1.85 bits per heavy atom. The van der Waals surface area contributed by atoms with Gasteiger partial charge in [0.05, 0.1) is 34.4 Å². The number of rotatable bonds is 3. The number of carbonyl (C=O) groups excluding carboxylic acids is 1. The van der Waals surface area contributed by atoms with E-state index in [0.717, 1.165) is 27.6 Å². The summed E-state index contributed by atoms with van der Waals surface area (Å²) in [5.41, 5.74) is 3.18. The summed E-state index contributed by atoms with van der Waals surface area (Å²) < 4.78 is 6.81. The van der Waals surface area contributed by atoms with Gasteiger partial charge in [0.1, 0.15) is 6.61 Å². The molecule has 6 rings (SSSR count). The molecule has 2 aliphatic heterocycles. The third kappa shape index (κ3) is 2.82. The molecule has 2 aromatic heterocycles. The third-order valence-corrected chi connectivity index (χ3v) is 7.45. The van der Waals surface area contributed by atoms with Gasteiger partial charge in [0.2, 0.25) is 0 Å². The van der Waals surface area contributed by atoms with Crippen LogP contribution in [-0.4, -0.2) is 20.6 Å². The summed E-state index contributed by atoms with van der Waals surface area (Å²) in [7, 11) is 0. The lowest BCUT2D eigenvalue weighted by molar-refractivity contribution is -0.172. The Balaban J connectivity index is 1.65. The van der Waals surface area contributed by atoms with E-state index in [1.54, 1.807) is 17.6 Å². The number of alkyl halides is 1. The van der Waals surface area contributed by atoms with Gasteiger partial charge in [0.25, 0.3) is 5.56 Å². The first-order chi connectivity index (χ1) is 16.4. The van der Waals surface area contributed by atoms with E-state index in [9.17, 15) is 14.7 Å². The highest BCUT2D eigenvalue weighted by atomic mass is 35.5. The van der Waals surface area contributed by atoms with Crippen molar-refractivity contribution < 1.29 is 14.6 Å². The number of hydrogen-bond acceptors (Lipinski definition) is 5. The van der Waals surface area contributed by atoms with Crippen molar-refractivity contribution in [2.75, 3.05) is 0 Å². The molecule has 170 valence electrons. The van der Waals surface area contributed by atoms with Crippen molar-refractivity contribution in [3.05, 3.63) is 98.8 Å². The molecule has 2 atom stereocenters. The van der Waals surface area contributed by atoms with Crippen LogP contribution < -0.4 is 5.56 Å². The van der Waals surface area contributed by atoms with Gasteiger partial charge in [-0.05, 0) is 29.7 Å². The summed E-state index contributed by atoms with van der Waals surface area (Å²) in [4.78, 5) is 30.9. The Labute approximate surface area is 200 Å². The SMILES string of the molecule is CCC1(O)C(=O)OCc2c1cc1n(c2=O)Cc2c-1nc1ccccc1c2C(Cl)c1ccccc1. The van der Waals surface area contributed by atoms with Gasteiger partial charge in [-0.15, -0.1) is 11.6 Å². The van der Waals surface area contributed by atoms with Crippen molar-refractivity contribution in [2.45, 2.75) is 37.5 Å². The average Bonchev–Trinajstić information content (AvgIpc) is 3.23. The largest absolute Gasteiger partial charge is 0.458 e. The van der Waals surface area contributed by atoms with Gasteiger partial charge in [-0.2, -0.15) is 0 Å². The van der Waals surface area contributed by atoms with E-state index in [4.69, 9.17) is 21.3 Å². The molecule has 0 aliphatic carbocycles. The number of carbonyl (C=O) groups is 1. The van der Waals surface area contributed by atoms with Crippen LogP contribution in [0.25, 0.3) is 22.3 Å². The second kappa shape index (κ2) is 7.52. The molecule has 0 amide bonds. The smallest absolute Gasteiger partial charge is 0.343 e. The van der Waals surface area contributed by atoms with Gasteiger partial charge in [-0.25, -0.2) is 9.78 Å². The van der Waals surface area contributed by atoms with Crippen LogP contribution in [0.3, 0.4) is 0 Å². The minimum Gasteiger partial charge on any atom is -0.458 e. The second-order valence-corrected chi connectivity index (χ2v) is 9.18. The number of halogens is 1. The van der Waals surface area contributed by atoms with E-state index >= 15 is 0 Å². The Hall–Kier alpha value is -3.48. The maximum atomic E-state index is 13.5. The average molecular weight is 473 g/mol. The van der Waals surface area contributed by atoms with Crippen LogP contribution in [0.5, 0.6) is 0 Å². The molecule has 6 nitrogen and oxygen atoms in total. The molecule has 7 heteroatoms. The molecule has 1 N–H and O–H groups in total. The fraction of sp³-hybridized carbons (Fsp3) is 0.222. The molecule has 0 spiro atoms. The summed E-state index contributed by atoms with van der Waals surface area (Å²) >= 11 is 7.07. The van der Waals surface area contributed by atoms with Crippen molar-refractivity contribution in [1.29, 1.82) is 0 Å². The minimum atomic E-state index is -1.86. The van der Waals surface area contributed by atoms with Crippen molar-refractivity contribution in [3.8, 4) is 11.4 Å². The predicted molar refractivity (Wildman–Crippen MR) is 129 cm³/mol. The molecular weight excluding hydrogens is 452 g/mol. The lowest BCUT2D eigenvalue weighted by Crippen LogP contribution is -2.44. The van der Waals surface area contributed by atoms with Gasteiger partial charge in [-0.1, -0.05) is 55.5 Å². The molecule has 0 saturated carbocycles. The fourth-order valence-electron chi connectivity index (χ4n) is 5.14. The summed E-state index contributed by atoms with van der Waals surface area (Å²) in [5, 5.41) is 11.6. The predicted octanol–water partition coefficient (Wildman–Crippen LogP) is 4.41. The van der Waals surface area contributed by atoms with Crippen LogP contribution in [-0.2, 0) is 28.3 Å². The van der Waals surface area contributed by atoms with Gasteiger partial charge in [0.15, 0.2) is 5.60 Å². The van der Waals surface area contributed by atoms with E-state index in [0.29, 0.717) is 29.1 Å². The van der Waals surface area contributed by atoms with E-state index in [1.807, 2.05) is 54.6 Å². The molecule has 4 aromatic rings. The highest BCUT2D eigenvalue weighted by Crippen LogP contribution is 2.44. The molecule has 34 heavy (non-hydrogen) atoms. The number of para-hydroxylation sites is 1. The summed E-state index contributed by atoms with van der Waals surface area (Å²) in [6.45, 7) is 1.84. The number of fused-ring (bicyclic) bond motifs is 5. The molecule has 2 aliphatic rings. The molecule has 2 unspecified atom stereocenters. The molecule has 0 bridgehead atoms. The normalized spacial score (nSPS) is 19.3. The molecule has 0 saturated heterocycles. The highest BCUT2D eigenvalue weighted by molar-refractivity contribution is 6.24. The Bertz CT molecular complexity index is 1550. The summed E-state index contributed by atoms with van der Waals surface area (Å²) in [6.07, 6.45) is 0.0999. The minimum absolute atomic E-state index is 0.0999. The van der Waals surface area contributed by atoms with E-state index in [-0.39, 0.29) is 18.6 Å². The monoisotopic (exact) mass is 472 g/mol. The second-order valence-electron chi connectivity index (χ2n) is 8.75. The first-order valence-corrected chi connectivity index (χ1v) is 11.7. The van der Waals surface area contributed by atoms with Crippen LogP contribution in [0.15, 0.2) is 65.5 Å². The Morgan fingerprint density at radius 1 is 1.12 bits per heavy atom. The Kier molecular flexibility index (Phi) is 4.66. The molecular formula is C27H21ClN2O4. The number of hydrogen-bond donors (Lipinski definition) is 1. The third-order valence-electron chi connectivity index (χ3n) is 6.98. The summed E-state index contributed by atoms with van der Waals surface area (Å²) in [5.74, 6) is -0.734. The van der Waals surface area contributed by atoms with Crippen LogP contribution in [0.2, 0.25) is 0 Å². The zero-order valence-electron chi connectivity index (χ0n) is 18.4. The van der Waals surface area contributed by atoms with Gasteiger partial charge in [-0.3, -0.25) is 4.79 Å². The van der Waals surface area contributed by atoms with Crippen molar-refractivity contribution in [1.82, 2.24) is 9.55 Å². The first kappa shape index (κ1) is 21.1. The quantitative estimate of drug-likeness (QED) is 0.311. The number of ether oxygens (including phenoxy) is 1. The van der Waals surface area contributed by atoms with Crippen LogP contribution in [0, 0.1) is 0 Å². The van der Waals surface area contributed by atoms with Crippen molar-refractivity contribution in [3.63, 3.8) is 0 Å². The zero-order valence-corrected chi connectivity index (χ0v) is 19.2. The van der Waals surface area contributed by atoms with Gasteiger partial charge in [0, 0.05) is 16.5 Å². The zero-order chi connectivity index (χ0) is 23.6. The lowest BCUT2D eigenvalue weighted by Gasteiger charge is -2.31. The van der Waals surface area contributed by atoms with Gasteiger partial charge >= 0.3 is 5.97 Å². The van der Waals surface area contributed by atoms with Crippen LogP contribution >= 0.6 is 11.6 Å². The molecule has 4 heterocycles. The number of aromatic nitrogens is 2. The van der Waals surface area contributed by atoms with E-state index in [2.05, 4.69) is 0 Å². The van der Waals surface area contributed by atoms with Gasteiger partial charge < -0.3 is 14.4 Å². The number of nitrogens with zero attached hydrogens (tertiary/aromatic N) is 2. The van der Waals surface area contributed by atoms with E-state index < -0.39 is 16.9 Å². The standard InChI is InChI=1S/C27H21ClN2O4/c1-2-27(33)19-12-21-24-17(13-30(21)25(31)18(19)14-34-26(27)32)22(16-10-6-7-11-20(16)29-24)23(28)15-8-4-3-5-9-15/h3-12,23,33H,2,13-14H2,1H3. The van der Waals surface area contributed by atoms with Crippen molar-refractivity contribution >= 4 is 28.5 Å². The maximum Gasteiger partial charge on any atom is 0.343 e. The first-order valence-electron chi connectivity index (χ1n) is 11.2. The van der Waals surface area contributed by atoms with Crippen molar-refractivity contribution in [2.24, 2.45) is 0 Å². The number of pyridine rings is 2. The van der Waals surface area contributed by atoms with E-state index in [1.165, 1.54) is 0 Å². The highest BCUT2D eigenvalue weighted by Gasteiger charge is 2.45. The van der Waals surface area contributed by atoms with Crippen LogP contribution in [0.1, 0.15) is 46.5 Å². The number of cyclic esters (lactones) is 1. The number of benzene rings is 2. The molecule has 0 fully saturated rings. The number of aliphatic hydroxyl groups is 1. The molecule has 2 aromatic carbocycles. The lowest BCUT2D eigenvalue weighted by atomic mass is 9.86. The topological polar surface area (TPSA) is 81.4 Å². The summed E-state index contributed by atoms with van der Waals surface area (Å²) in [6, 6.07) is 19.3. The fourth-order valence-corrected chi connectivity index (χ4v) is 5.53. The number of esters is 1. The van der Waals surface area contributed by atoms with Crippen LogP contribution in [0.4, 0.5) is 0 Å². The molecule has 0 radical (unpaired) electrons. The Morgan fingerprint density at radius 3 is 2.62 bits per heavy atom. The maximum absolute atomic E-state index is 13.5.